The number of fused-ring (bicyclic) bond motifs is 1. The Morgan fingerprint density at radius 1 is 1.00 bits per heavy atom. The first-order chi connectivity index (χ1) is 16.0. The summed E-state index contributed by atoms with van der Waals surface area (Å²) in [7, 11) is 0. The third-order valence-electron chi connectivity index (χ3n) is 5.58. The maximum Gasteiger partial charge on any atom is 0.260 e. The fourth-order valence-electron chi connectivity index (χ4n) is 3.97. The molecule has 0 radical (unpaired) electrons. The van der Waals surface area contributed by atoms with E-state index in [1.54, 1.807) is 11.0 Å². The van der Waals surface area contributed by atoms with Crippen LogP contribution in [0.1, 0.15) is 16.8 Å². The molecule has 1 saturated heterocycles. The van der Waals surface area contributed by atoms with Gasteiger partial charge in [0.05, 0.1) is 23.3 Å². The zero-order chi connectivity index (χ0) is 22.9. The molecule has 2 aromatic heterocycles. The van der Waals surface area contributed by atoms with E-state index in [0.717, 1.165) is 6.07 Å². The molecule has 2 aromatic carbocycles. The summed E-state index contributed by atoms with van der Waals surface area (Å²) in [5, 5.41) is 8.21. The Hall–Kier alpha value is -4.15. The van der Waals surface area contributed by atoms with Crippen molar-refractivity contribution >= 4 is 22.8 Å². The molecule has 3 heterocycles. The van der Waals surface area contributed by atoms with Gasteiger partial charge < -0.3 is 9.80 Å². The van der Waals surface area contributed by atoms with E-state index in [-0.39, 0.29) is 16.6 Å². The van der Waals surface area contributed by atoms with Gasteiger partial charge in [0, 0.05) is 26.2 Å². The third-order valence-corrected chi connectivity index (χ3v) is 5.58. The van der Waals surface area contributed by atoms with E-state index >= 15 is 0 Å². The standard InChI is InChI=1S/C22H19F2N7O2/c23-14-5-6-17-15(13-14)20(32)28-22(27-17)30-10-2-9-29(11-12-30)21(33)19-16(24)3-1-4-18(19)31-25-7-8-26-31/h1,3-8,13H,2,9-12H2,(H,27,28,32). The van der Waals surface area contributed by atoms with Crippen LogP contribution in [0, 0.1) is 11.6 Å². The molecule has 5 rings (SSSR count). The molecule has 1 fully saturated rings. The minimum Gasteiger partial charge on any atom is -0.340 e. The molecule has 0 saturated carbocycles. The predicted molar refractivity (Wildman–Crippen MR) is 116 cm³/mol. The van der Waals surface area contributed by atoms with Gasteiger partial charge in [-0.1, -0.05) is 6.07 Å². The van der Waals surface area contributed by atoms with Crippen LogP contribution in [0.2, 0.25) is 0 Å². The molecule has 1 N–H and O–H groups in total. The van der Waals surface area contributed by atoms with Crippen molar-refractivity contribution in [3.05, 3.63) is 76.3 Å². The molecule has 33 heavy (non-hydrogen) atoms. The topological polar surface area (TPSA) is 100 Å². The molecule has 0 unspecified atom stereocenters. The highest BCUT2D eigenvalue weighted by Crippen LogP contribution is 2.21. The molecular weight excluding hydrogens is 432 g/mol. The van der Waals surface area contributed by atoms with E-state index in [1.807, 2.05) is 4.90 Å². The number of aromatic nitrogens is 5. The van der Waals surface area contributed by atoms with Gasteiger partial charge in [-0.2, -0.15) is 15.0 Å². The Bertz CT molecular complexity index is 1390. The first-order valence-electron chi connectivity index (χ1n) is 10.4. The number of carbonyl (C=O) groups excluding carboxylic acids is 1. The van der Waals surface area contributed by atoms with E-state index < -0.39 is 23.1 Å². The molecule has 0 spiro atoms. The lowest BCUT2D eigenvalue weighted by atomic mass is 10.1. The molecule has 1 aliphatic heterocycles. The van der Waals surface area contributed by atoms with Crippen LogP contribution in [-0.4, -0.2) is 61.9 Å². The van der Waals surface area contributed by atoms with Gasteiger partial charge >= 0.3 is 0 Å². The van der Waals surface area contributed by atoms with Crippen LogP contribution in [-0.2, 0) is 0 Å². The van der Waals surface area contributed by atoms with E-state index in [0.29, 0.717) is 44.1 Å². The van der Waals surface area contributed by atoms with Crippen LogP contribution in [0.25, 0.3) is 16.6 Å². The number of halogens is 2. The quantitative estimate of drug-likeness (QED) is 0.512. The van der Waals surface area contributed by atoms with Gasteiger partial charge in [-0.3, -0.25) is 14.6 Å². The SMILES string of the molecule is O=C(c1c(F)cccc1-n1nccn1)N1CCCN(c2nc3ccc(F)cc3c(=O)[nH]2)CC1. The van der Waals surface area contributed by atoms with Crippen molar-refractivity contribution in [3.8, 4) is 5.69 Å². The Balaban J connectivity index is 1.40. The van der Waals surface area contributed by atoms with E-state index in [9.17, 15) is 18.4 Å². The van der Waals surface area contributed by atoms with Crippen LogP contribution in [0.3, 0.4) is 0 Å². The van der Waals surface area contributed by atoms with Crippen molar-refractivity contribution in [1.82, 2.24) is 29.9 Å². The Kier molecular flexibility index (Phi) is 5.29. The van der Waals surface area contributed by atoms with Crippen molar-refractivity contribution in [2.75, 3.05) is 31.1 Å². The molecular formula is C22H19F2N7O2. The monoisotopic (exact) mass is 451 g/mol. The van der Waals surface area contributed by atoms with Gasteiger partial charge in [0.15, 0.2) is 0 Å². The first kappa shape index (κ1) is 20.7. The number of nitrogens with zero attached hydrogens (tertiary/aromatic N) is 6. The second-order valence-corrected chi connectivity index (χ2v) is 7.64. The third kappa shape index (κ3) is 3.93. The number of hydrogen-bond acceptors (Lipinski definition) is 6. The summed E-state index contributed by atoms with van der Waals surface area (Å²) in [5.74, 6) is -1.27. The predicted octanol–water partition coefficient (Wildman–Crippen LogP) is 2.13. The molecule has 0 aliphatic carbocycles. The molecule has 11 heteroatoms. The second-order valence-electron chi connectivity index (χ2n) is 7.64. The number of rotatable bonds is 3. The van der Waals surface area contributed by atoms with Crippen molar-refractivity contribution in [1.29, 1.82) is 0 Å². The van der Waals surface area contributed by atoms with Crippen LogP contribution in [0.5, 0.6) is 0 Å². The molecule has 1 amide bonds. The number of nitrogens with one attached hydrogen (secondary N) is 1. The maximum atomic E-state index is 14.7. The highest BCUT2D eigenvalue weighted by atomic mass is 19.1. The zero-order valence-electron chi connectivity index (χ0n) is 17.4. The molecule has 4 aromatic rings. The zero-order valence-corrected chi connectivity index (χ0v) is 17.4. The minimum atomic E-state index is -0.649. The normalized spacial score (nSPS) is 14.5. The summed E-state index contributed by atoms with van der Waals surface area (Å²) >= 11 is 0. The number of hydrogen-bond donors (Lipinski definition) is 1. The largest absolute Gasteiger partial charge is 0.340 e. The van der Waals surface area contributed by atoms with Gasteiger partial charge in [-0.25, -0.2) is 13.8 Å². The van der Waals surface area contributed by atoms with Crippen LogP contribution >= 0.6 is 0 Å². The number of amides is 1. The summed E-state index contributed by atoms with van der Waals surface area (Å²) in [6.45, 7) is 1.61. The van der Waals surface area contributed by atoms with Gasteiger partial charge in [0.25, 0.3) is 11.5 Å². The molecule has 0 atom stereocenters. The minimum absolute atomic E-state index is 0.0959. The fourth-order valence-corrected chi connectivity index (χ4v) is 3.97. The van der Waals surface area contributed by atoms with Crippen LogP contribution in [0.15, 0.2) is 53.6 Å². The summed E-state index contributed by atoms with van der Waals surface area (Å²) in [5.41, 5.74) is 0.115. The molecule has 1 aliphatic rings. The summed E-state index contributed by atoms with van der Waals surface area (Å²) in [4.78, 5) is 37.5. The van der Waals surface area contributed by atoms with Crippen molar-refractivity contribution in [2.45, 2.75) is 6.42 Å². The maximum absolute atomic E-state index is 14.7. The Morgan fingerprint density at radius 3 is 2.64 bits per heavy atom. The van der Waals surface area contributed by atoms with E-state index in [2.05, 4.69) is 20.2 Å². The van der Waals surface area contributed by atoms with Crippen LogP contribution < -0.4 is 10.5 Å². The molecule has 9 nitrogen and oxygen atoms in total. The lowest BCUT2D eigenvalue weighted by molar-refractivity contribution is 0.0762. The average Bonchev–Trinajstić information content (AvgIpc) is 3.23. The lowest BCUT2D eigenvalue weighted by Gasteiger charge is -2.23. The molecule has 168 valence electrons. The smallest absolute Gasteiger partial charge is 0.260 e. The summed E-state index contributed by atoms with van der Waals surface area (Å²) in [6, 6.07) is 8.18. The number of carbonyl (C=O) groups is 1. The highest BCUT2D eigenvalue weighted by Gasteiger charge is 2.27. The van der Waals surface area contributed by atoms with Gasteiger partial charge in [-0.05, 0) is 36.8 Å². The average molecular weight is 451 g/mol. The van der Waals surface area contributed by atoms with Gasteiger partial charge in [0.2, 0.25) is 5.95 Å². The van der Waals surface area contributed by atoms with Gasteiger partial charge in [-0.15, -0.1) is 0 Å². The lowest BCUT2D eigenvalue weighted by Crippen LogP contribution is -2.37. The number of anilines is 1. The van der Waals surface area contributed by atoms with Crippen LogP contribution in [0.4, 0.5) is 14.7 Å². The van der Waals surface area contributed by atoms with Crippen molar-refractivity contribution in [3.63, 3.8) is 0 Å². The number of aromatic amines is 1. The summed E-state index contributed by atoms with van der Waals surface area (Å²) in [6.07, 6.45) is 3.49. The number of H-pyrrole nitrogens is 1. The fraction of sp³-hybridized carbons (Fsp3) is 0.227. The molecule has 0 bridgehead atoms. The number of benzene rings is 2. The van der Waals surface area contributed by atoms with E-state index in [4.69, 9.17) is 0 Å². The highest BCUT2D eigenvalue weighted by molar-refractivity contribution is 5.98. The first-order valence-corrected chi connectivity index (χ1v) is 10.4. The Morgan fingerprint density at radius 2 is 1.82 bits per heavy atom. The van der Waals surface area contributed by atoms with Crippen molar-refractivity contribution in [2.24, 2.45) is 0 Å². The Labute approximate surface area is 186 Å². The van der Waals surface area contributed by atoms with Crippen molar-refractivity contribution < 1.29 is 13.6 Å². The summed E-state index contributed by atoms with van der Waals surface area (Å²) < 4.78 is 28.2. The van der Waals surface area contributed by atoms with Gasteiger partial charge in [0.1, 0.15) is 22.9 Å². The van der Waals surface area contributed by atoms with E-state index in [1.165, 1.54) is 41.5 Å². The second kappa shape index (κ2) is 8.41.